The number of likely N-dealkylation sites (N-methyl/N-ethyl adjacent to an activating group) is 1. The molecule has 0 radical (unpaired) electrons. The van der Waals surface area contributed by atoms with Gasteiger partial charge in [-0.1, -0.05) is 17.7 Å². The summed E-state index contributed by atoms with van der Waals surface area (Å²) in [6, 6.07) is 5.11. The van der Waals surface area contributed by atoms with Gasteiger partial charge in [-0.3, -0.25) is 4.79 Å². The Kier molecular flexibility index (Phi) is 6.64. The normalized spacial score (nSPS) is 22.2. The molecule has 3 rings (SSSR count). The standard InChI is InChI=1S/C23H34BClN2O5/c1-21(2,3)30-20(29)26(8)16-11-12-27(14-16)19(28)15-9-10-17(18(25)13-15)24-31-22(4,5)23(6,7)32-24/h9-10,13,16H,11-12,14H2,1-8H3. The van der Waals surface area contributed by atoms with Gasteiger partial charge in [0.15, 0.2) is 0 Å². The van der Waals surface area contributed by atoms with E-state index in [2.05, 4.69) is 0 Å². The average molecular weight is 465 g/mol. The van der Waals surface area contributed by atoms with Crippen molar-refractivity contribution in [3.63, 3.8) is 0 Å². The van der Waals surface area contributed by atoms with Crippen LogP contribution >= 0.6 is 11.6 Å². The summed E-state index contributed by atoms with van der Waals surface area (Å²) in [5.74, 6) is -0.118. The van der Waals surface area contributed by atoms with Gasteiger partial charge in [0.2, 0.25) is 0 Å². The van der Waals surface area contributed by atoms with Gasteiger partial charge in [-0.25, -0.2) is 4.79 Å². The molecule has 0 aliphatic carbocycles. The second-order valence-electron chi connectivity index (χ2n) is 10.6. The molecule has 2 amide bonds. The number of benzene rings is 1. The van der Waals surface area contributed by atoms with Gasteiger partial charge < -0.3 is 23.8 Å². The zero-order chi connectivity index (χ0) is 24.1. The highest BCUT2D eigenvalue weighted by molar-refractivity contribution is 6.65. The highest BCUT2D eigenvalue weighted by Crippen LogP contribution is 2.37. The summed E-state index contributed by atoms with van der Waals surface area (Å²) in [7, 11) is 1.12. The van der Waals surface area contributed by atoms with E-state index in [-0.39, 0.29) is 18.0 Å². The molecule has 1 aromatic rings. The van der Waals surface area contributed by atoms with Crippen LogP contribution in [-0.2, 0) is 14.0 Å². The molecule has 2 fully saturated rings. The van der Waals surface area contributed by atoms with Crippen LogP contribution in [-0.4, -0.2) is 71.9 Å². The van der Waals surface area contributed by atoms with Crippen molar-refractivity contribution < 1.29 is 23.6 Å². The molecule has 0 saturated carbocycles. The molecule has 32 heavy (non-hydrogen) atoms. The van der Waals surface area contributed by atoms with Gasteiger partial charge in [-0.05, 0) is 67.0 Å². The number of likely N-dealkylation sites (tertiary alicyclic amines) is 1. The van der Waals surface area contributed by atoms with Crippen LogP contribution in [0.5, 0.6) is 0 Å². The van der Waals surface area contributed by atoms with Crippen LogP contribution in [0.2, 0.25) is 5.02 Å². The van der Waals surface area contributed by atoms with Crippen LogP contribution in [0.1, 0.15) is 65.2 Å². The first-order valence-electron chi connectivity index (χ1n) is 11.0. The highest BCUT2D eigenvalue weighted by Gasteiger charge is 2.52. The molecule has 0 bridgehead atoms. The Labute approximate surface area is 196 Å². The maximum Gasteiger partial charge on any atom is 0.496 e. The third kappa shape index (κ3) is 5.08. The average Bonchev–Trinajstić information content (AvgIpc) is 3.21. The Morgan fingerprint density at radius 2 is 1.78 bits per heavy atom. The van der Waals surface area contributed by atoms with Crippen molar-refractivity contribution in [1.29, 1.82) is 0 Å². The van der Waals surface area contributed by atoms with Gasteiger partial charge >= 0.3 is 13.2 Å². The summed E-state index contributed by atoms with van der Waals surface area (Å²) < 4.78 is 17.6. The van der Waals surface area contributed by atoms with Crippen LogP contribution in [0.3, 0.4) is 0 Å². The van der Waals surface area contributed by atoms with Crippen LogP contribution < -0.4 is 5.46 Å². The number of carbonyl (C=O) groups excluding carboxylic acids is 2. The molecule has 2 aliphatic heterocycles. The molecular weight excluding hydrogens is 431 g/mol. The quantitative estimate of drug-likeness (QED) is 0.638. The van der Waals surface area contributed by atoms with Gasteiger partial charge in [0, 0.05) is 36.2 Å². The maximum atomic E-state index is 13.1. The number of hydrogen-bond donors (Lipinski definition) is 0. The third-order valence-corrected chi connectivity index (χ3v) is 6.76. The Morgan fingerprint density at radius 1 is 1.19 bits per heavy atom. The fourth-order valence-electron chi connectivity index (χ4n) is 3.73. The summed E-state index contributed by atoms with van der Waals surface area (Å²) >= 11 is 6.53. The molecule has 1 unspecified atom stereocenters. The van der Waals surface area contributed by atoms with Crippen molar-refractivity contribution in [3.05, 3.63) is 28.8 Å². The molecular formula is C23H34BClN2O5. The van der Waals surface area contributed by atoms with E-state index in [9.17, 15) is 9.59 Å². The number of carbonyl (C=O) groups is 2. The van der Waals surface area contributed by atoms with E-state index in [1.807, 2.05) is 48.5 Å². The Balaban J connectivity index is 1.67. The SMILES string of the molecule is CN(C(=O)OC(C)(C)C)C1CCN(C(=O)c2ccc(B3OC(C)(C)C(C)(C)O3)c(Cl)c2)C1. The van der Waals surface area contributed by atoms with Crippen molar-refractivity contribution in [2.45, 2.75) is 77.7 Å². The monoisotopic (exact) mass is 464 g/mol. The molecule has 9 heteroatoms. The zero-order valence-corrected chi connectivity index (χ0v) is 21.1. The summed E-state index contributed by atoms with van der Waals surface area (Å²) in [5.41, 5.74) is -0.308. The number of ether oxygens (including phenoxy) is 1. The molecule has 176 valence electrons. The number of rotatable bonds is 3. The van der Waals surface area contributed by atoms with Gasteiger partial charge in [0.25, 0.3) is 5.91 Å². The molecule has 0 N–H and O–H groups in total. The second-order valence-corrected chi connectivity index (χ2v) is 11.0. The molecule has 2 saturated heterocycles. The first-order valence-corrected chi connectivity index (χ1v) is 11.4. The molecule has 7 nitrogen and oxygen atoms in total. The summed E-state index contributed by atoms with van der Waals surface area (Å²) in [6.45, 7) is 14.4. The zero-order valence-electron chi connectivity index (χ0n) is 20.3. The minimum atomic E-state index is -0.588. The topological polar surface area (TPSA) is 68.3 Å². The summed E-state index contributed by atoms with van der Waals surface area (Å²) in [4.78, 5) is 28.7. The lowest BCUT2D eigenvalue weighted by molar-refractivity contribution is 0.00578. The minimum absolute atomic E-state index is 0.0895. The van der Waals surface area contributed by atoms with Gasteiger partial charge in [-0.2, -0.15) is 0 Å². The van der Waals surface area contributed by atoms with Crippen LogP contribution in [0.4, 0.5) is 4.79 Å². The second kappa shape index (κ2) is 8.54. The Hall–Kier alpha value is -1.77. The first kappa shape index (κ1) is 24.9. The highest BCUT2D eigenvalue weighted by atomic mass is 35.5. The van der Waals surface area contributed by atoms with Crippen LogP contribution in [0.15, 0.2) is 18.2 Å². The minimum Gasteiger partial charge on any atom is -0.444 e. The lowest BCUT2D eigenvalue weighted by Gasteiger charge is -2.32. The molecule has 2 aliphatic rings. The number of hydrogen-bond acceptors (Lipinski definition) is 5. The van der Waals surface area contributed by atoms with Gasteiger partial charge in [-0.15, -0.1) is 0 Å². The lowest BCUT2D eigenvalue weighted by Crippen LogP contribution is -2.42. The predicted molar refractivity (Wildman–Crippen MR) is 125 cm³/mol. The van der Waals surface area contributed by atoms with Gasteiger partial charge in [0.1, 0.15) is 5.60 Å². The largest absolute Gasteiger partial charge is 0.496 e. The third-order valence-electron chi connectivity index (χ3n) is 6.43. The van der Waals surface area contributed by atoms with E-state index in [4.69, 9.17) is 25.6 Å². The smallest absolute Gasteiger partial charge is 0.444 e. The first-order chi connectivity index (χ1) is 14.6. The van der Waals surface area contributed by atoms with Crippen molar-refractivity contribution >= 4 is 36.2 Å². The van der Waals surface area contributed by atoms with E-state index < -0.39 is 23.9 Å². The molecule has 1 atom stereocenters. The van der Waals surface area contributed by atoms with Crippen molar-refractivity contribution in [3.8, 4) is 0 Å². The Bertz CT molecular complexity index is 883. The number of amides is 2. The molecule has 1 aromatic carbocycles. The summed E-state index contributed by atoms with van der Waals surface area (Å²) in [6.07, 6.45) is 0.313. The van der Waals surface area contributed by atoms with E-state index in [1.165, 1.54) is 0 Å². The number of halogens is 1. The molecule has 0 spiro atoms. The van der Waals surface area contributed by atoms with Crippen LogP contribution in [0.25, 0.3) is 0 Å². The van der Waals surface area contributed by atoms with Crippen molar-refractivity contribution in [2.75, 3.05) is 20.1 Å². The Morgan fingerprint density at radius 3 is 2.31 bits per heavy atom. The number of nitrogens with zero attached hydrogens (tertiary/aromatic N) is 2. The van der Waals surface area contributed by atoms with E-state index >= 15 is 0 Å². The molecule has 0 aromatic heterocycles. The summed E-state index contributed by atoms with van der Waals surface area (Å²) in [5, 5.41) is 0.427. The predicted octanol–water partition coefficient (Wildman–Crippen LogP) is 3.72. The van der Waals surface area contributed by atoms with E-state index in [0.29, 0.717) is 35.6 Å². The lowest BCUT2D eigenvalue weighted by atomic mass is 9.78. The van der Waals surface area contributed by atoms with Crippen molar-refractivity contribution in [2.24, 2.45) is 0 Å². The van der Waals surface area contributed by atoms with Crippen LogP contribution in [0, 0.1) is 0 Å². The van der Waals surface area contributed by atoms with E-state index in [1.54, 1.807) is 35.0 Å². The molecule has 2 heterocycles. The van der Waals surface area contributed by atoms with Gasteiger partial charge in [0.05, 0.1) is 17.2 Å². The fourth-order valence-corrected chi connectivity index (χ4v) is 4.00. The van der Waals surface area contributed by atoms with Crippen molar-refractivity contribution in [1.82, 2.24) is 9.80 Å². The fraction of sp³-hybridized carbons (Fsp3) is 0.652. The van der Waals surface area contributed by atoms with E-state index in [0.717, 1.165) is 0 Å². The maximum absolute atomic E-state index is 13.1.